The van der Waals surface area contributed by atoms with Crippen molar-refractivity contribution in [1.29, 1.82) is 0 Å². The third-order valence-electron chi connectivity index (χ3n) is 2.26. The molecule has 0 saturated carbocycles. The molecule has 0 fully saturated rings. The van der Waals surface area contributed by atoms with Crippen molar-refractivity contribution in [3.05, 3.63) is 34.2 Å². The van der Waals surface area contributed by atoms with E-state index in [9.17, 15) is 14.4 Å². The van der Waals surface area contributed by atoms with Crippen molar-refractivity contribution in [1.82, 2.24) is 15.3 Å². The van der Waals surface area contributed by atoms with Crippen LogP contribution in [0, 0.1) is 0 Å². The number of fused-ring (bicyclic) bond motifs is 1. The second-order valence-corrected chi connectivity index (χ2v) is 3.51. The second-order valence-electron chi connectivity index (χ2n) is 3.51. The summed E-state index contributed by atoms with van der Waals surface area (Å²) in [6.07, 6.45) is 0. The summed E-state index contributed by atoms with van der Waals surface area (Å²) in [5.41, 5.74) is 6.57. The lowest BCUT2D eigenvalue weighted by Gasteiger charge is -2.02. The molecule has 0 bridgehead atoms. The van der Waals surface area contributed by atoms with Crippen LogP contribution in [-0.2, 0) is 16.1 Å². The lowest BCUT2D eigenvalue weighted by atomic mass is 10.2. The van der Waals surface area contributed by atoms with E-state index >= 15 is 0 Å². The summed E-state index contributed by atoms with van der Waals surface area (Å²) in [7, 11) is 0. The summed E-state index contributed by atoms with van der Waals surface area (Å²) >= 11 is 0. The van der Waals surface area contributed by atoms with E-state index in [1.54, 1.807) is 18.2 Å². The van der Waals surface area contributed by atoms with E-state index < -0.39 is 11.8 Å². The minimum Gasteiger partial charge on any atom is -0.361 e. The fourth-order valence-electron chi connectivity index (χ4n) is 1.46. The van der Waals surface area contributed by atoms with E-state index in [1.807, 2.05) is 0 Å². The molecule has 7 nitrogen and oxygen atoms in total. The Morgan fingerprint density at radius 2 is 1.94 bits per heavy atom. The molecule has 2 rings (SSSR count). The van der Waals surface area contributed by atoms with E-state index in [4.69, 9.17) is 5.73 Å². The Balaban J connectivity index is 2.16. The molecule has 0 aliphatic carbocycles. The van der Waals surface area contributed by atoms with Crippen molar-refractivity contribution in [2.75, 3.05) is 0 Å². The number of hydrogen-bond donors (Lipinski definition) is 4. The maximum absolute atomic E-state index is 11.0. The second kappa shape index (κ2) is 4.12. The van der Waals surface area contributed by atoms with E-state index in [0.717, 1.165) is 5.56 Å². The molecule has 1 heterocycles. The number of rotatable bonds is 2. The molecule has 2 amide bonds. The van der Waals surface area contributed by atoms with Gasteiger partial charge in [0.2, 0.25) is 0 Å². The number of nitrogens with one attached hydrogen (secondary N) is 3. The van der Waals surface area contributed by atoms with E-state index in [2.05, 4.69) is 15.3 Å². The molecule has 1 aromatic carbocycles. The zero-order valence-corrected chi connectivity index (χ0v) is 8.74. The zero-order chi connectivity index (χ0) is 12.4. The van der Waals surface area contributed by atoms with E-state index in [1.165, 1.54) is 0 Å². The highest BCUT2D eigenvalue weighted by molar-refractivity contribution is 6.34. The first-order chi connectivity index (χ1) is 8.06. The highest BCUT2D eigenvalue weighted by Crippen LogP contribution is 2.09. The van der Waals surface area contributed by atoms with Crippen LogP contribution in [0.2, 0.25) is 0 Å². The average Bonchev–Trinajstić information content (AvgIpc) is 2.64. The smallest absolute Gasteiger partial charge is 0.323 e. The minimum absolute atomic E-state index is 0.172. The van der Waals surface area contributed by atoms with Crippen molar-refractivity contribution in [2.24, 2.45) is 5.73 Å². The number of primary amides is 1. The number of aromatic amines is 2. The van der Waals surface area contributed by atoms with Crippen LogP contribution in [-0.4, -0.2) is 21.8 Å². The lowest BCUT2D eigenvalue weighted by molar-refractivity contribution is -0.137. The number of H-pyrrole nitrogens is 2. The van der Waals surface area contributed by atoms with Crippen LogP contribution >= 0.6 is 0 Å². The SMILES string of the molecule is NC(=O)C(=O)NCc1ccc2[nH]c(=O)[nH]c2c1. The number of hydrogen-bond acceptors (Lipinski definition) is 3. The van der Waals surface area contributed by atoms with Gasteiger partial charge in [0.05, 0.1) is 11.0 Å². The summed E-state index contributed by atoms with van der Waals surface area (Å²) < 4.78 is 0. The third-order valence-corrected chi connectivity index (χ3v) is 2.26. The Bertz CT molecular complexity index is 640. The van der Waals surface area contributed by atoms with Gasteiger partial charge in [-0.25, -0.2) is 4.79 Å². The van der Waals surface area contributed by atoms with Gasteiger partial charge in [-0.1, -0.05) is 6.07 Å². The fourth-order valence-corrected chi connectivity index (χ4v) is 1.46. The molecular formula is C10H10N4O3. The summed E-state index contributed by atoms with van der Waals surface area (Å²) in [4.78, 5) is 37.6. The monoisotopic (exact) mass is 234 g/mol. The highest BCUT2D eigenvalue weighted by atomic mass is 16.2. The summed E-state index contributed by atoms with van der Waals surface area (Å²) in [6.45, 7) is 0.172. The molecule has 0 saturated heterocycles. The van der Waals surface area contributed by atoms with Crippen molar-refractivity contribution >= 4 is 22.8 Å². The number of amides is 2. The fraction of sp³-hybridized carbons (Fsp3) is 0.100. The summed E-state index contributed by atoms with van der Waals surface area (Å²) in [6, 6.07) is 5.14. The van der Waals surface area contributed by atoms with Gasteiger partial charge in [0.1, 0.15) is 0 Å². The van der Waals surface area contributed by atoms with E-state index in [-0.39, 0.29) is 12.2 Å². The minimum atomic E-state index is -1.03. The maximum Gasteiger partial charge on any atom is 0.323 e. The molecule has 0 aliphatic heterocycles. The topological polar surface area (TPSA) is 121 Å². The molecule has 88 valence electrons. The standard InChI is InChI=1S/C10H10N4O3/c11-8(15)9(16)12-4-5-1-2-6-7(3-5)14-10(17)13-6/h1-3H,4H2,(H2,11,15)(H,12,16)(H2,13,14,17). The molecule has 7 heteroatoms. The Morgan fingerprint density at radius 3 is 2.65 bits per heavy atom. The first kappa shape index (κ1) is 10.9. The third kappa shape index (κ3) is 2.33. The Morgan fingerprint density at radius 1 is 1.24 bits per heavy atom. The molecule has 17 heavy (non-hydrogen) atoms. The molecule has 1 aromatic heterocycles. The number of carbonyl (C=O) groups excluding carboxylic acids is 2. The van der Waals surface area contributed by atoms with Crippen LogP contribution in [0.1, 0.15) is 5.56 Å². The van der Waals surface area contributed by atoms with Gasteiger partial charge in [-0.2, -0.15) is 0 Å². The Hall–Kier alpha value is -2.57. The summed E-state index contributed by atoms with van der Waals surface area (Å²) in [5, 5.41) is 2.35. The van der Waals surface area contributed by atoms with Crippen molar-refractivity contribution in [3.8, 4) is 0 Å². The van der Waals surface area contributed by atoms with Gasteiger partial charge in [-0.15, -0.1) is 0 Å². The number of nitrogens with two attached hydrogens (primary N) is 1. The lowest BCUT2D eigenvalue weighted by Crippen LogP contribution is -2.35. The Kier molecular flexibility index (Phi) is 2.65. The number of carbonyl (C=O) groups is 2. The molecule has 0 spiro atoms. The quantitative estimate of drug-likeness (QED) is 0.496. The molecule has 0 atom stereocenters. The molecule has 0 aliphatic rings. The van der Waals surface area contributed by atoms with Crippen molar-refractivity contribution in [2.45, 2.75) is 6.54 Å². The highest BCUT2D eigenvalue weighted by Gasteiger charge is 2.07. The maximum atomic E-state index is 11.0. The molecule has 2 aromatic rings. The first-order valence-electron chi connectivity index (χ1n) is 4.85. The largest absolute Gasteiger partial charge is 0.361 e. The zero-order valence-electron chi connectivity index (χ0n) is 8.74. The number of benzene rings is 1. The summed E-state index contributed by atoms with van der Waals surface area (Å²) in [5.74, 6) is -1.87. The van der Waals surface area contributed by atoms with Crippen LogP contribution in [0.15, 0.2) is 23.0 Å². The predicted molar refractivity (Wildman–Crippen MR) is 60.0 cm³/mol. The normalized spacial score (nSPS) is 10.4. The predicted octanol–water partition coefficient (Wildman–Crippen LogP) is -1.04. The van der Waals surface area contributed by atoms with Crippen LogP contribution in [0.25, 0.3) is 11.0 Å². The molecule has 0 unspecified atom stereocenters. The number of imidazole rings is 1. The van der Waals surface area contributed by atoms with Crippen LogP contribution < -0.4 is 16.7 Å². The van der Waals surface area contributed by atoms with Crippen LogP contribution in [0.3, 0.4) is 0 Å². The van der Waals surface area contributed by atoms with E-state index in [0.29, 0.717) is 11.0 Å². The van der Waals surface area contributed by atoms with Crippen LogP contribution in [0.4, 0.5) is 0 Å². The van der Waals surface area contributed by atoms with Crippen molar-refractivity contribution in [3.63, 3.8) is 0 Å². The molecule has 5 N–H and O–H groups in total. The first-order valence-corrected chi connectivity index (χ1v) is 4.85. The van der Waals surface area contributed by atoms with Gasteiger partial charge < -0.3 is 21.0 Å². The van der Waals surface area contributed by atoms with Gasteiger partial charge in [0, 0.05) is 6.54 Å². The average molecular weight is 234 g/mol. The van der Waals surface area contributed by atoms with Crippen LogP contribution in [0.5, 0.6) is 0 Å². The number of aromatic nitrogens is 2. The van der Waals surface area contributed by atoms with Gasteiger partial charge in [0.15, 0.2) is 0 Å². The van der Waals surface area contributed by atoms with Gasteiger partial charge in [-0.05, 0) is 17.7 Å². The van der Waals surface area contributed by atoms with Crippen molar-refractivity contribution < 1.29 is 9.59 Å². The molecule has 0 radical (unpaired) electrons. The molecular weight excluding hydrogens is 224 g/mol. The van der Waals surface area contributed by atoms with Gasteiger partial charge in [-0.3, -0.25) is 9.59 Å². The Labute approximate surface area is 95.0 Å². The van der Waals surface area contributed by atoms with Gasteiger partial charge in [0.25, 0.3) is 0 Å². The van der Waals surface area contributed by atoms with Gasteiger partial charge >= 0.3 is 17.5 Å².